The third-order valence-electron chi connectivity index (χ3n) is 5.44. The van der Waals surface area contributed by atoms with Crippen LogP contribution in [0.3, 0.4) is 0 Å². The van der Waals surface area contributed by atoms with Crippen LogP contribution < -0.4 is 10.2 Å². The number of ether oxygens (including phenoxy) is 1. The normalized spacial score (nSPS) is 17.9. The molecule has 0 atom stereocenters. The number of para-hydroxylation sites is 1. The molecule has 0 spiro atoms. The molecule has 1 saturated heterocycles. The minimum absolute atomic E-state index is 0.0204. The predicted octanol–water partition coefficient (Wildman–Crippen LogP) is 1.82. The highest BCUT2D eigenvalue weighted by atomic mass is 16.5. The summed E-state index contributed by atoms with van der Waals surface area (Å²) in [6.45, 7) is 5.06. The molecule has 1 aromatic rings. The van der Waals surface area contributed by atoms with Gasteiger partial charge in [0.1, 0.15) is 6.54 Å². The number of hydrogen-bond donors (Lipinski definition) is 1. The highest BCUT2D eigenvalue weighted by Crippen LogP contribution is 2.26. The molecule has 1 amide bonds. The number of likely N-dealkylation sites (tertiary alicyclic amines) is 1. The summed E-state index contributed by atoms with van der Waals surface area (Å²) < 4.78 is 4.85. The Balaban J connectivity index is 1.64. The third-order valence-corrected chi connectivity index (χ3v) is 5.44. The Hall–Kier alpha value is -2.57. The molecular formula is C21H30N4O3. The van der Waals surface area contributed by atoms with Gasteiger partial charge < -0.3 is 19.9 Å². The minimum Gasteiger partial charge on any atom is -0.469 e. The monoisotopic (exact) mass is 386 g/mol. The molecular weight excluding hydrogens is 356 g/mol. The van der Waals surface area contributed by atoms with Crippen molar-refractivity contribution in [1.82, 2.24) is 10.2 Å². The van der Waals surface area contributed by atoms with Crippen LogP contribution in [-0.2, 0) is 20.7 Å². The maximum Gasteiger partial charge on any atom is 0.308 e. The summed E-state index contributed by atoms with van der Waals surface area (Å²) in [6.07, 6.45) is 3.48. The zero-order valence-electron chi connectivity index (χ0n) is 16.8. The summed E-state index contributed by atoms with van der Waals surface area (Å²) in [4.78, 5) is 33.1. The van der Waals surface area contributed by atoms with E-state index in [1.807, 2.05) is 30.0 Å². The van der Waals surface area contributed by atoms with Gasteiger partial charge >= 0.3 is 5.97 Å². The van der Waals surface area contributed by atoms with E-state index in [1.54, 1.807) is 0 Å². The van der Waals surface area contributed by atoms with Crippen molar-refractivity contribution >= 4 is 23.5 Å². The Morgan fingerprint density at radius 3 is 2.68 bits per heavy atom. The summed E-state index contributed by atoms with van der Waals surface area (Å²) >= 11 is 0. The van der Waals surface area contributed by atoms with E-state index in [2.05, 4.69) is 21.3 Å². The molecule has 2 aliphatic rings. The summed E-state index contributed by atoms with van der Waals surface area (Å²) in [7, 11) is 1.44. The molecule has 0 unspecified atom stereocenters. The lowest BCUT2D eigenvalue weighted by atomic mass is 9.97. The molecule has 3 rings (SSSR count). The van der Waals surface area contributed by atoms with Crippen molar-refractivity contribution in [3.63, 3.8) is 0 Å². The zero-order valence-corrected chi connectivity index (χ0v) is 16.8. The number of aliphatic imine (C=N–C) groups is 1. The van der Waals surface area contributed by atoms with Gasteiger partial charge in [0.2, 0.25) is 5.91 Å². The van der Waals surface area contributed by atoms with Gasteiger partial charge in [-0.3, -0.25) is 9.59 Å². The first kappa shape index (κ1) is 20.2. The van der Waals surface area contributed by atoms with Crippen molar-refractivity contribution in [2.75, 3.05) is 44.7 Å². The van der Waals surface area contributed by atoms with Crippen LogP contribution in [0.5, 0.6) is 0 Å². The Morgan fingerprint density at radius 2 is 1.96 bits per heavy atom. The molecule has 2 heterocycles. The van der Waals surface area contributed by atoms with Gasteiger partial charge in [0.15, 0.2) is 5.96 Å². The van der Waals surface area contributed by atoms with Gasteiger partial charge in [-0.2, -0.15) is 0 Å². The van der Waals surface area contributed by atoms with Gasteiger partial charge in [-0.1, -0.05) is 18.2 Å². The third kappa shape index (κ3) is 4.64. The highest BCUT2D eigenvalue weighted by molar-refractivity contribution is 5.97. The number of carbonyl (C=O) groups is 2. The zero-order chi connectivity index (χ0) is 19.9. The Kier molecular flexibility index (Phi) is 6.90. The first-order valence-corrected chi connectivity index (χ1v) is 10.1. The minimum atomic E-state index is -0.138. The lowest BCUT2D eigenvalue weighted by Gasteiger charge is -2.33. The van der Waals surface area contributed by atoms with Gasteiger partial charge in [-0.05, 0) is 44.2 Å². The number of aryl methyl sites for hydroxylation is 1. The second-order valence-corrected chi connectivity index (χ2v) is 7.23. The van der Waals surface area contributed by atoms with Gasteiger partial charge in [0.05, 0.1) is 13.0 Å². The van der Waals surface area contributed by atoms with Crippen molar-refractivity contribution in [3.05, 3.63) is 29.8 Å². The number of piperidine rings is 1. The molecule has 1 N–H and O–H groups in total. The number of hydrogen-bond acceptors (Lipinski definition) is 4. The summed E-state index contributed by atoms with van der Waals surface area (Å²) in [6, 6.07) is 8.10. The van der Waals surface area contributed by atoms with Crippen LogP contribution in [0.2, 0.25) is 0 Å². The molecule has 1 fully saturated rings. The van der Waals surface area contributed by atoms with E-state index >= 15 is 0 Å². The summed E-state index contributed by atoms with van der Waals surface area (Å²) in [5, 5.41) is 3.28. The van der Waals surface area contributed by atoms with E-state index in [1.165, 1.54) is 12.7 Å². The van der Waals surface area contributed by atoms with Crippen LogP contribution in [0.15, 0.2) is 29.3 Å². The molecule has 152 valence electrons. The lowest BCUT2D eigenvalue weighted by molar-refractivity contribution is -0.146. The number of carbonyl (C=O) groups excluding carboxylic acids is 2. The Bertz CT molecular complexity index is 726. The standard InChI is InChI=1S/C21H30N4O3/c1-3-22-21(24-13-10-17(11-14-24)20(27)28-2)23-15-19(26)25-12-6-8-16-7-4-5-9-18(16)25/h4-5,7,9,17H,3,6,8,10-15H2,1-2H3,(H,22,23). The Morgan fingerprint density at radius 1 is 1.21 bits per heavy atom. The molecule has 2 aliphatic heterocycles. The van der Waals surface area contributed by atoms with Gasteiger partial charge in [-0.15, -0.1) is 0 Å². The van der Waals surface area contributed by atoms with Crippen LogP contribution >= 0.6 is 0 Å². The van der Waals surface area contributed by atoms with Crippen molar-refractivity contribution in [3.8, 4) is 0 Å². The van der Waals surface area contributed by atoms with Gasteiger partial charge in [0.25, 0.3) is 0 Å². The molecule has 0 radical (unpaired) electrons. The van der Waals surface area contributed by atoms with Crippen molar-refractivity contribution in [2.45, 2.75) is 32.6 Å². The number of benzene rings is 1. The number of anilines is 1. The fourth-order valence-electron chi connectivity index (χ4n) is 3.94. The van der Waals surface area contributed by atoms with Crippen LogP contribution in [0, 0.1) is 5.92 Å². The maximum atomic E-state index is 12.8. The van der Waals surface area contributed by atoms with E-state index in [9.17, 15) is 9.59 Å². The number of rotatable bonds is 4. The summed E-state index contributed by atoms with van der Waals surface area (Å²) in [5.74, 6) is 0.576. The highest BCUT2D eigenvalue weighted by Gasteiger charge is 2.27. The first-order valence-electron chi connectivity index (χ1n) is 10.1. The Labute approximate surface area is 166 Å². The number of esters is 1. The molecule has 0 bridgehead atoms. The maximum absolute atomic E-state index is 12.8. The first-order chi connectivity index (χ1) is 13.6. The van der Waals surface area contributed by atoms with E-state index in [-0.39, 0.29) is 24.3 Å². The van der Waals surface area contributed by atoms with Crippen LogP contribution in [0.4, 0.5) is 5.69 Å². The molecule has 1 aromatic carbocycles. The quantitative estimate of drug-likeness (QED) is 0.485. The number of nitrogens with one attached hydrogen (secondary N) is 1. The smallest absolute Gasteiger partial charge is 0.308 e. The molecule has 0 saturated carbocycles. The van der Waals surface area contributed by atoms with Crippen molar-refractivity contribution in [1.29, 1.82) is 0 Å². The van der Waals surface area contributed by atoms with Crippen molar-refractivity contribution < 1.29 is 14.3 Å². The van der Waals surface area contributed by atoms with Crippen molar-refractivity contribution in [2.24, 2.45) is 10.9 Å². The molecule has 0 aliphatic carbocycles. The van der Waals surface area contributed by atoms with Gasteiger partial charge in [-0.25, -0.2) is 4.99 Å². The number of methoxy groups -OCH3 is 1. The van der Waals surface area contributed by atoms with E-state index < -0.39 is 0 Å². The fourth-order valence-corrected chi connectivity index (χ4v) is 3.94. The van der Waals surface area contributed by atoms with Crippen LogP contribution in [0.25, 0.3) is 0 Å². The molecule has 7 nitrogen and oxygen atoms in total. The van der Waals surface area contributed by atoms with Crippen LogP contribution in [-0.4, -0.2) is 62.6 Å². The van der Waals surface area contributed by atoms with E-state index in [0.29, 0.717) is 0 Å². The average molecular weight is 386 g/mol. The molecule has 28 heavy (non-hydrogen) atoms. The molecule has 7 heteroatoms. The molecule has 0 aromatic heterocycles. The lowest BCUT2D eigenvalue weighted by Crippen LogP contribution is -2.47. The van der Waals surface area contributed by atoms with Gasteiger partial charge in [0, 0.05) is 31.9 Å². The predicted molar refractivity (Wildman–Crippen MR) is 109 cm³/mol. The number of fused-ring (bicyclic) bond motifs is 1. The van der Waals surface area contributed by atoms with E-state index in [4.69, 9.17) is 4.74 Å². The van der Waals surface area contributed by atoms with E-state index in [0.717, 1.165) is 63.5 Å². The second kappa shape index (κ2) is 9.57. The summed E-state index contributed by atoms with van der Waals surface area (Å²) in [5.41, 5.74) is 2.24. The number of amides is 1. The van der Waals surface area contributed by atoms with Crippen LogP contribution in [0.1, 0.15) is 31.7 Å². The fraction of sp³-hybridized carbons (Fsp3) is 0.571. The SMILES string of the molecule is CCNC(=NCC(=O)N1CCCc2ccccc21)N1CCC(C(=O)OC)CC1. The topological polar surface area (TPSA) is 74.2 Å². The number of nitrogens with zero attached hydrogens (tertiary/aromatic N) is 3. The average Bonchev–Trinajstić information content (AvgIpc) is 2.75. The largest absolute Gasteiger partial charge is 0.469 e. The second-order valence-electron chi connectivity index (χ2n) is 7.23. The number of guanidine groups is 1.